The Morgan fingerprint density at radius 1 is 0.683 bits per heavy atom. The fourth-order valence-electron chi connectivity index (χ4n) is 6.72. The number of hydrogen-bond acceptors (Lipinski definition) is 12. The summed E-state index contributed by atoms with van der Waals surface area (Å²) in [6, 6.07) is 5.29. The number of aliphatic carboxylic acids is 2. The number of rotatable bonds is 24. The summed E-state index contributed by atoms with van der Waals surface area (Å²) in [5.41, 5.74) is 11.8. The molecule has 13 N–H and O–H groups in total. The highest BCUT2D eigenvalue weighted by Crippen LogP contribution is 2.20. The van der Waals surface area contributed by atoms with Crippen LogP contribution < -0.4 is 43.4 Å². The number of benzene rings is 2. The number of likely N-dealkylation sites (tertiary alicyclic amines) is 1. The van der Waals surface area contributed by atoms with Crippen molar-refractivity contribution in [1.82, 2.24) is 36.8 Å². The van der Waals surface area contributed by atoms with Crippen molar-refractivity contribution < 1.29 is 63.3 Å². The van der Waals surface area contributed by atoms with Gasteiger partial charge < -0.3 is 63.6 Å². The number of carbonyl (C=O) groups is 10. The number of nitrogens with one attached hydrogen (secondary N) is 6. The van der Waals surface area contributed by atoms with Gasteiger partial charge in [0.2, 0.25) is 47.3 Å². The number of nitrogens with two attached hydrogens (primary N) is 2. The molecular formula is C41H55N9O13. The van der Waals surface area contributed by atoms with Gasteiger partial charge in [-0.2, -0.15) is 0 Å². The van der Waals surface area contributed by atoms with E-state index < -0.39 is 121 Å². The fourth-order valence-corrected chi connectivity index (χ4v) is 6.72. The minimum absolute atomic E-state index is 0.0759. The van der Waals surface area contributed by atoms with Crippen LogP contribution in [0.15, 0.2) is 54.6 Å². The van der Waals surface area contributed by atoms with Crippen LogP contribution in [-0.4, -0.2) is 135 Å². The van der Waals surface area contributed by atoms with Crippen molar-refractivity contribution in [2.45, 2.75) is 95.0 Å². The molecule has 2 aromatic carbocycles. The van der Waals surface area contributed by atoms with E-state index in [-0.39, 0.29) is 43.9 Å². The fraction of sp³-hybridized carbons (Fsp3) is 0.463. The number of carboxylic acids is 2. The van der Waals surface area contributed by atoms with Gasteiger partial charge in [-0.3, -0.25) is 43.2 Å². The smallest absolute Gasteiger partial charge is 0.326 e. The molecule has 2 aromatic rings. The molecule has 3 rings (SSSR count). The highest BCUT2D eigenvalue weighted by Gasteiger charge is 2.39. The SMILES string of the molecule is CC(C)C[C@H](NC(=O)CN)C(=O)N[C@@H](CC(N)=O)C(=O)N[C@@H](Cc1ccccc1)C(=O)NCC(=O)N[C@@H](CC(=O)O)C(=O)N[C@@H](Cc1ccc(O)cc1)C(=O)N1CCC[C@H]1C(=O)O. The average Bonchev–Trinajstić information content (AvgIpc) is 3.72. The molecule has 0 aliphatic carbocycles. The molecule has 1 saturated heterocycles. The number of primary amides is 1. The Bertz CT molecular complexity index is 1980. The van der Waals surface area contributed by atoms with E-state index in [4.69, 9.17) is 11.5 Å². The van der Waals surface area contributed by atoms with Crippen LogP contribution in [0.25, 0.3) is 0 Å². The van der Waals surface area contributed by atoms with Gasteiger partial charge in [0.1, 0.15) is 42.0 Å². The van der Waals surface area contributed by atoms with Crippen LogP contribution in [-0.2, 0) is 60.8 Å². The first-order valence-electron chi connectivity index (χ1n) is 20.1. The zero-order valence-corrected chi connectivity index (χ0v) is 34.8. The molecular weight excluding hydrogens is 827 g/mol. The van der Waals surface area contributed by atoms with Gasteiger partial charge in [-0.05, 0) is 48.4 Å². The van der Waals surface area contributed by atoms with Gasteiger partial charge in [0.15, 0.2) is 0 Å². The molecule has 0 spiro atoms. The molecule has 1 aliphatic rings. The van der Waals surface area contributed by atoms with Crippen molar-refractivity contribution >= 4 is 59.2 Å². The van der Waals surface area contributed by atoms with Crippen molar-refractivity contribution in [3.05, 3.63) is 65.7 Å². The average molecular weight is 882 g/mol. The second kappa shape index (κ2) is 24.4. The number of hydrogen-bond donors (Lipinski definition) is 11. The van der Waals surface area contributed by atoms with E-state index in [0.717, 1.165) is 4.90 Å². The monoisotopic (exact) mass is 881 g/mol. The Morgan fingerprint density at radius 2 is 1.22 bits per heavy atom. The third kappa shape index (κ3) is 16.7. The van der Waals surface area contributed by atoms with E-state index in [1.54, 1.807) is 44.2 Å². The number of aromatic hydroxyl groups is 1. The summed E-state index contributed by atoms with van der Waals surface area (Å²) >= 11 is 0. The van der Waals surface area contributed by atoms with E-state index in [0.29, 0.717) is 17.5 Å². The Balaban J connectivity index is 1.79. The first-order valence-corrected chi connectivity index (χ1v) is 20.1. The minimum atomic E-state index is -1.80. The van der Waals surface area contributed by atoms with Crippen molar-refractivity contribution in [3.63, 3.8) is 0 Å². The Morgan fingerprint density at radius 3 is 1.79 bits per heavy atom. The van der Waals surface area contributed by atoms with Crippen LogP contribution in [0.1, 0.15) is 57.1 Å². The summed E-state index contributed by atoms with van der Waals surface area (Å²) in [4.78, 5) is 130. The number of phenols is 1. The van der Waals surface area contributed by atoms with Gasteiger partial charge in [0.25, 0.3) is 0 Å². The first kappa shape index (κ1) is 50.3. The van der Waals surface area contributed by atoms with Crippen molar-refractivity contribution in [3.8, 4) is 5.75 Å². The lowest BCUT2D eigenvalue weighted by Gasteiger charge is -2.28. The summed E-state index contributed by atoms with van der Waals surface area (Å²) in [5.74, 6) is -10.3. The summed E-state index contributed by atoms with van der Waals surface area (Å²) in [6.07, 6.45) is -1.35. The van der Waals surface area contributed by atoms with E-state index >= 15 is 0 Å². The summed E-state index contributed by atoms with van der Waals surface area (Å²) in [7, 11) is 0. The molecule has 1 heterocycles. The molecule has 0 unspecified atom stereocenters. The summed E-state index contributed by atoms with van der Waals surface area (Å²) in [5, 5.41) is 43.3. The molecule has 0 radical (unpaired) electrons. The Hall–Kier alpha value is -7.10. The molecule has 8 amide bonds. The number of carbonyl (C=O) groups excluding carboxylic acids is 8. The van der Waals surface area contributed by atoms with Gasteiger partial charge in [-0.1, -0.05) is 56.3 Å². The molecule has 63 heavy (non-hydrogen) atoms. The van der Waals surface area contributed by atoms with Gasteiger partial charge in [0, 0.05) is 19.4 Å². The maximum absolute atomic E-state index is 13.7. The van der Waals surface area contributed by atoms with Crippen LogP contribution in [0.5, 0.6) is 5.75 Å². The molecule has 6 atom stereocenters. The number of nitrogens with zero attached hydrogens (tertiary/aromatic N) is 1. The lowest BCUT2D eigenvalue weighted by molar-refractivity contribution is -0.149. The van der Waals surface area contributed by atoms with E-state index in [1.165, 1.54) is 24.3 Å². The standard InChI is InChI=1S/C41H55N9O13/c1-22(2)15-26(45-33(53)20-42)37(58)48-28(18-32(43)52)38(59)47-27(16-23-7-4-3-5-8-23)36(57)44-21-34(54)46-29(19-35(55)56)39(60)49-30(17-24-10-12-25(51)13-11-24)40(61)50-14-6-9-31(50)41(62)63/h3-5,7-8,10-13,22,26-31,51H,6,9,14-21,42H2,1-2H3,(H2,43,52)(H,44,57)(H,45,53)(H,46,54)(H,47,59)(H,48,58)(H,49,60)(H,55,56)(H,62,63)/t26-,27-,28-,29-,30-,31-/m0/s1. The van der Waals surface area contributed by atoms with Crippen LogP contribution in [0.2, 0.25) is 0 Å². The minimum Gasteiger partial charge on any atom is -0.508 e. The third-order valence-electron chi connectivity index (χ3n) is 9.76. The van der Waals surface area contributed by atoms with Crippen molar-refractivity contribution in [2.24, 2.45) is 17.4 Å². The molecule has 0 saturated carbocycles. The van der Waals surface area contributed by atoms with Crippen LogP contribution in [0, 0.1) is 5.92 Å². The van der Waals surface area contributed by atoms with Gasteiger partial charge >= 0.3 is 11.9 Å². The zero-order chi connectivity index (χ0) is 46.8. The molecule has 1 fully saturated rings. The molecule has 342 valence electrons. The van der Waals surface area contributed by atoms with Crippen LogP contribution in [0.3, 0.4) is 0 Å². The molecule has 22 nitrogen and oxygen atoms in total. The van der Waals surface area contributed by atoms with Gasteiger partial charge in [-0.15, -0.1) is 0 Å². The summed E-state index contributed by atoms with van der Waals surface area (Å²) in [6.45, 7) is 2.36. The maximum Gasteiger partial charge on any atom is 0.326 e. The number of phenolic OH excluding ortho intramolecular Hbond substituents is 1. The van der Waals surface area contributed by atoms with Gasteiger partial charge in [0.05, 0.1) is 25.9 Å². The molecule has 0 bridgehead atoms. The van der Waals surface area contributed by atoms with E-state index in [9.17, 15) is 63.3 Å². The Labute approximate surface area is 362 Å². The lowest BCUT2D eigenvalue weighted by atomic mass is 10.0. The maximum atomic E-state index is 13.7. The lowest BCUT2D eigenvalue weighted by Crippen LogP contribution is -2.59. The largest absolute Gasteiger partial charge is 0.508 e. The second-order valence-corrected chi connectivity index (χ2v) is 15.3. The van der Waals surface area contributed by atoms with E-state index in [1.807, 2.05) is 0 Å². The predicted octanol–water partition coefficient (Wildman–Crippen LogP) is -2.85. The molecule has 0 aromatic heterocycles. The predicted molar refractivity (Wildman–Crippen MR) is 222 cm³/mol. The first-order chi connectivity index (χ1) is 29.8. The molecule has 1 aliphatic heterocycles. The normalized spacial score (nSPS) is 15.7. The Kier molecular flexibility index (Phi) is 19.4. The van der Waals surface area contributed by atoms with Crippen molar-refractivity contribution in [2.75, 3.05) is 19.6 Å². The van der Waals surface area contributed by atoms with E-state index in [2.05, 4.69) is 31.9 Å². The number of carboxylic acid groups (broad SMARTS) is 2. The number of amides is 8. The van der Waals surface area contributed by atoms with Gasteiger partial charge in [-0.25, -0.2) is 4.79 Å². The second-order valence-electron chi connectivity index (χ2n) is 15.3. The molecule has 22 heteroatoms. The van der Waals surface area contributed by atoms with Crippen LogP contribution in [0.4, 0.5) is 0 Å². The topological polar surface area (TPSA) is 359 Å². The highest BCUT2D eigenvalue weighted by atomic mass is 16.4. The van der Waals surface area contributed by atoms with Crippen LogP contribution >= 0.6 is 0 Å². The third-order valence-corrected chi connectivity index (χ3v) is 9.76. The highest BCUT2D eigenvalue weighted by molar-refractivity contribution is 5.98. The summed E-state index contributed by atoms with van der Waals surface area (Å²) < 4.78 is 0. The quantitative estimate of drug-likeness (QED) is 0.0506. The van der Waals surface area contributed by atoms with Crippen molar-refractivity contribution in [1.29, 1.82) is 0 Å². The zero-order valence-electron chi connectivity index (χ0n) is 34.8.